The maximum atomic E-state index is 6.48. The fraction of sp³-hybridized carbons (Fsp3) is 0.478. The van der Waals surface area contributed by atoms with Crippen molar-refractivity contribution in [1.82, 2.24) is 0 Å². The predicted octanol–water partition coefficient (Wildman–Crippen LogP) is 6.23. The third-order valence-corrected chi connectivity index (χ3v) is 5.33. The molecule has 2 aromatic carbocycles. The number of hydrogen-bond donors (Lipinski definition) is 0. The van der Waals surface area contributed by atoms with E-state index in [1.165, 1.54) is 42.4 Å². The van der Waals surface area contributed by atoms with E-state index in [0.29, 0.717) is 12.5 Å². The second kappa shape index (κ2) is 9.17. The van der Waals surface area contributed by atoms with Crippen molar-refractivity contribution in [1.29, 1.82) is 0 Å². The second-order valence-corrected chi connectivity index (χ2v) is 7.06. The lowest BCUT2D eigenvalue weighted by atomic mass is 9.77. The average molecular weight is 338 g/mol. The monoisotopic (exact) mass is 338 g/mol. The van der Waals surface area contributed by atoms with Gasteiger partial charge >= 0.3 is 0 Å². The molecule has 0 saturated heterocycles. The van der Waals surface area contributed by atoms with Gasteiger partial charge in [-0.1, -0.05) is 80.8 Å². The first-order valence-electron chi connectivity index (χ1n) is 9.60. The van der Waals surface area contributed by atoms with E-state index in [-0.39, 0.29) is 12.2 Å². The average Bonchev–Trinajstić information content (AvgIpc) is 2.67. The lowest BCUT2D eigenvalue weighted by Gasteiger charge is -2.37. The fourth-order valence-electron chi connectivity index (χ4n) is 3.98. The molecule has 0 fully saturated rings. The Bertz CT molecular complexity index is 638. The number of hydrogen-bond acceptors (Lipinski definition) is 2. The largest absolute Gasteiger partial charge is 0.377 e. The minimum atomic E-state index is 0.166. The van der Waals surface area contributed by atoms with Gasteiger partial charge in [-0.15, -0.1) is 0 Å². The van der Waals surface area contributed by atoms with Crippen LogP contribution in [0.3, 0.4) is 0 Å². The summed E-state index contributed by atoms with van der Waals surface area (Å²) in [5.41, 5.74) is 3.86. The van der Waals surface area contributed by atoms with Crippen LogP contribution in [-0.2, 0) is 16.1 Å². The van der Waals surface area contributed by atoms with Crippen molar-refractivity contribution >= 4 is 0 Å². The molecule has 0 aliphatic heterocycles. The number of fused-ring (bicyclic) bond motifs is 1. The first-order valence-corrected chi connectivity index (χ1v) is 9.60. The van der Waals surface area contributed by atoms with Gasteiger partial charge in [0.2, 0.25) is 0 Å². The van der Waals surface area contributed by atoms with Crippen molar-refractivity contribution in [3.05, 3.63) is 71.3 Å². The van der Waals surface area contributed by atoms with E-state index in [2.05, 4.69) is 61.5 Å². The quantitative estimate of drug-likeness (QED) is 0.531. The number of rotatable bonds is 8. The van der Waals surface area contributed by atoms with E-state index in [0.717, 1.165) is 6.42 Å². The maximum absolute atomic E-state index is 6.48. The van der Waals surface area contributed by atoms with Crippen LogP contribution in [0, 0.1) is 5.92 Å². The van der Waals surface area contributed by atoms with Crippen molar-refractivity contribution in [2.75, 3.05) is 7.11 Å². The van der Waals surface area contributed by atoms with Crippen molar-refractivity contribution in [2.45, 2.75) is 57.8 Å². The van der Waals surface area contributed by atoms with Crippen LogP contribution in [-0.4, -0.2) is 7.11 Å². The summed E-state index contributed by atoms with van der Waals surface area (Å²) in [6.07, 6.45) is 6.44. The predicted molar refractivity (Wildman–Crippen MR) is 102 cm³/mol. The maximum Gasteiger partial charge on any atom is 0.0862 e. The van der Waals surface area contributed by atoms with Gasteiger partial charge in [0.15, 0.2) is 0 Å². The summed E-state index contributed by atoms with van der Waals surface area (Å²) < 4.78 is 12.3. The van der Waals surface area contributed by atoms with Gasteiger partial charge < -0.3 is 9.47 Å². The molecule has 0 heterocycles. The topological polar surface area (TPSA) is 18.5 Å². The Hall–Kier alpha value is -1.64. The van der Waals surface area contributed by atoms with Crippen LogP contribution in [0.5, 0.6) is 0 Å². The van der Waals surface area contributed by atoms with E-state index >= 15 is 0 Å². The Labute approximate surface area is 152 Å². The van der Waals surface area contributed by atoms with Gasteiger partial charge in [-0.05, 0) is 35.4 Å². The minimum Gasteiger partial charge on any atom is -0.377 e. The van der Waals surface area contributed by atoms with Crippen LogP contribution in [0.1, 0.15) is 67.9 Å². The Morgan fingerprint density at radius 1 is 0.920 bits per heavy atom. The molecule has 3 atom stereocenters. The van der Waals surface area contributed by atoms with Gasteiger partial charge in [-0.3, -0.25) is 0 Å². The van der Waals surface area contributed by atoms with Gasteiger partial charge in [-0.25, -0.2) is 0 Å². The molecule has 0 bridgehead atoms. The molecule has 3 unspecified atom stereocenters. The molecule has 25 heavy (non-hydrogen) atoms. The van der Waals surface area contributed by atoms with Crippen molar-refractivity contribution in [2.24, 2.45) is 5.92 Å². The standard InChI is InChI=1S/C23H30O2/c1-3-4-6-13-19-16-22(24-2)20-14-9-10-15-21(20)23(19)25-17-18-11-7-5-8-12-18/h5,7-12,14-15,19,22-23H,3-4,6,13,16-17H2,1-2H3. The van der Waals surface area contributed by atoms with E-state index in [1.54, 1.807) is 0 Å². The zero-order chi connectivity index (χ0) is 17.5. The molecule has 0 amide bonds. The smallest absolute Gasteiger partial charge is 0.0862 e. The minimum absolute atomic E-state index is 0.166. The van der Waals surface area contributed by atoms with Crippen LogP contribution in [0.2, 0.25) is 0 Å². The van der Waals surface area contributed by atoms with Crippen LogP contribution in [0.4, 0.5) is 0 Å². The number of benzene rings is 2. The van der Waals surface area contributed by atoms with Crippen molar-refractivity contribution in [3.63, 3.8) is 0 Å². The van der Waals surface area contributed by atoms with Gasteiger partial charge in [0, 0.05) is 7.11 Å². The normalized spacial score (nSPS) is 22.6. The molecule has 0 saturated carbocycles. The zero-order valence-electron chi connectivity index (χ0n) is 15.5. The molecule has 1 aliphatic carbocycles. The summed E-state index contributed by atoms with van der Waals surface area (Å²) in [5, 5.41) is 0. The van der Waals surface area contributed by atoms with Crippen molar-refractivity contribution in [3.8, 4) is 0 Å². The number of unbranched alkanes of at least 4 members (excludes halogenated alkanes) is 2. The van der Waals surface area contributed by atoms with E-state index < -0.39 is 0 Å². The lowest BCUT2D eigenvalue weighted by molar-refractivity contribution is -0.0421. The summed E-state index contributed by atoms with van der Waals surface area (Å²) in [6.45, 7) is 2.93. The van der Waals surface area contributed by atoms with Crippen molar-refractivity contribution < 1.29 is 9.47 Å². The molecule has 3 rings (SSSR count). The van der Waals surface area contributed by atoms with E-state index in [1.807, 2.05) is 7.11 Å². The highest BCUT2D eigenvalue weighted by atomic mass is 16.5. The molecule has 134 valence electrons. The molecule has 2 nitrogen and oxygen atoms in total. The van der Waals surface area contributed by atoms with Crippen LogP contribution < -0.4 is 0 Å². The first-order chi connectivity index (χ1) is 12.3. The summed E-state index contributed by atoms with van der Waals surface area (Å²) in [5.74, 6) is 0.523. The van der Waals surface area contributed by atoms with Crippen LogP contribution >= 0.6 is 0 Å². The third-order valence-electron chi connectivity index (χ3n) is 5.33. The zero-order valence-corrected chi connectivity index (χ0v) is 15.5. The Morgan fingerprint density at radius 2 is 1.64 bits per heavy atom. The summed E-state index contributed by atoms with van der Waals surface area (Å²) in [4.78, 5) is 0. The molecular formula is C23H30O2. The molecule has 0 aromatic heterocycles. The second-order valence-electron chi connectivity index (χ2n) is 7.06. The Balaban J connectivity index is 1.80. The molecule has 0 N–H and O–H groups in total. The molecule has 1 aliphatic rings. The third kappa shape index (κ3) is 4.50. The van der Waals surface area contributed by atoms with Crippen LogP contribution in [0.25, 0.3) is 0 Å². The molecule has 2 aromatic rings. The number of methoxy groups -OCH3 is 1. The highest BCUT2D eigenvalue weighted by molar-refractivity contribution is 5.34. The van der Waals surface area contributed by atoms with Gasteiger partial charge in [-0.2, -0.15) is 0 Å². The Kier molecular flexibility index (Phi) is 6.66. The fourth-order valence-corrected chi connectivity index (χ4v) is 3.98. The van der Waals surface area contributed by atoms with E-state index in [9.17, 15) is 0 Å². The number of ether oxygens (including phenoxy) is 2. The highest BCUT2D eigenvalue weighted by Crippen LogP contribution is 2.45. The van der Waals surface area contributed by atoms with Gasteiger partial charge in [0.05, 0.1) is 18.8 Å². The molecule has 2 heteroatoms. The van der Waals surface area contributed by atoms with Crippen LogP contribution in [0.15, 0.2) is 54.6 Å². The molecule has 0 radical (unpaired) electrons. The SMILES string of the molecule is CCCCCC1CC(OC)c2ccccc2C1OCc1ccccc1. The van der Waals surface area contributed by atoms with Gasteiger partial charge in [0.25, 0.3) is 0 Å². The molecule has 0 spiro atoms. The summed E-state index contributed by atoms with van der Waals surface area (Å²) in [7, 11) is 1.83. The van der Waals surface area contributed by atoms with E-state index in [4.69, 9.17) is 9.47 Å². The first kappa shape index (κ1) is 18.2. The lowest BCUT2D eigenvalue weighted by Crippen LogP contribution is -2.26. The highest BCUT2D eigenvalue weighted by Gasteiger charge is 2.35. The summed E-state index contributed by atoms with van der Waals surface area (Å²) in [6, 6.07) is 19.1. The molecular weight excluding hydrogens is 308 g/mol. The van der Waals surface area contributed by atoms with Gasteiger partial charge in [0.1, 0.15) is 0 Å². The summed E-state index contributed by atoms with van der Waals surface area (Å²) >= 11 is 0. The Morgan fingerprint density at radius 3 is 2.36 bits per heavy atom.